The molecule has 0 saturated heterocycles. The number of nitrogens with two attached hydrogens (primary N) is 1. The highest BCUT2D eigenvalue weighted by Gasteiger charge is 2.18. The predicted octanol–water partition coefficient (Wildman–Crippen LogP) is 3.25. The van der Waals surface area contributed by atoms with E-state index in [0.717, 1.165) is 63.9 Å². The van der Waals surface area contributed by atoms with Gasteiger partial charge in [0.05, 0.1) is 15.7 Å². The molecule has 0 bridgehead atoms. The van der Waals surface area contributed by atoms with Crippen molar-refractivity contribution < 1.29 is 21.2 Å². The third kappa shape index (κ3) is 13.3. The van der Waals surface area contributed by atoms with Crippen LogP contribution in [0.2, 0.25) is 5.02 Å². The van der Waals surface area contributed by atoms with E-state index in [-0.39, 0.29) is 15.7 Å². The molecule has 0 heterocycles. The molecule has 0 aromatic heterocycles. The Balaban J connectivity index is 0.00000227. The van der Waals surface area contributed by atoms with Crippen molar-refractivity contribution in [1.29, 1.82) is 0 Å². The zero-order valence-electron chi connectivity index (χ0n) is 16.0. The Kier molecular flexibility index (Phi) is 16.5. The molecule has 0 saturated carbocycles. The van der Waals surface area contributed by atoms with Crippen molar-refractivity contribution >= 4 is 33.0 Å². The Bertz CT molecular complexity index is 684. The van der Waals surface area contributed by atoms with Crippen LogP contribution in [0.25, 0.3) is 0 Å². The van der Waals surface area contributed by atoms with Crippen LogP contribution >= 0.6 is 11.6 Å². The molecule has 0 spiro atoms. The largest absolute Gasteiger partial charge is 0.335 e. The lowest BCUT2D eigenvalue weighted by molar-refractivity contribution is 0.555. The number of rotatable bonds is 14. The van der Waals surface area contributed by atoms with E-state index >= 15 is 0 Å². The van der Waals surface area contributed by atoms with Gasteiger partial charge in [-0.3, -0.25) is 0 Å². The standard InChI is InChI=1S/C18H30ClFN2O2S.O2S/c19-17-10-9-16(20)15-18(17)25(23,24)14-7-5-3-1-2-4-6-12-22-13-8-11-21;1-3-2/h9-10,15,22H,1-8,11-14,21H2;. The molecule has 0 aliphatic rings. The molecule has 0 fully saturated rings. The molecule has 162 valence electrons. The summed E-state index contributed by atoms with van der Waals surface area (Å²) in [4.78, 5) is -0.101. The minimum Gasteiger partial charge on any atom is -0.330 e. The molecule has 0 amide bonds. The van der Waals surface area contributed by atoms with Crippen LogP contribution in [0.4, 0.5) is 4.39 Å². The Morgan fingerprint density at radius 2 is 1.50 bits per heavy atom. The van der Waals surface area contributed by atoms with Crippen molar-refractivity contribution in [3.63, 3.8) is 0 Å². The average molecular weight is 457 g/mol. The second-order valence-corrected chi connectivity index (χ2v) is 8.95. The Morgan fingerprint density at radius 1 is 0.964 bits per heavy atom. The molecule has 0 aliphatic heterocycles. The van der Waals surface area contributed by atoms with Gasteiger partial charge in [-0.15, -0.1) is 0 Å². The lowest BCUT2D eigenvalue weighted by Gasteiger charge is -2.07. The third-order valence-electron chi connectivity index (χ3n) is 4.05. The van der Waals surface area contributed by atoms with E-state index in [0.29, 0.717) is 6.42 Å². The molecule has 1 rings (SSSR count). The predicted molar refractivity (Wildman–Crippen MR) is 111 cm³/mol. The lowest BCUT2D eigenvalue weighted by atomic mass is 10.1. The summed E-state index contributed by atoms with van der Waals surface area (Å²) in [5, 5.41) is 3.44. The summed E-state index contributed by atoms with van der Waals surface area (Å²) < 4.78 is 54.2. The van der Waals surface area contributed by atoms with Crippen LogP contribution in [-0.2, 0) is 21.4 Å². The van der Waals surface area contributed by atoms with Gasteiger partial charge in [0.2, 0.25) is 0 Å². The van der Waals surface area contributed by atoms with Crippen LogP contribution in [0.15, 0.2) is 23.1 Å². The summed E-state index contributed by atoms with van der Waals surface area (Å²) in [5.41, 5.74) is 5.42. The maximum atomic E-state index is 13.2. The van der Waals surface area contributed by atoms with Gasteiger partial charge in [-0.2, -0.15) is 8.42 Å². The Hall–Kier alpha value is -0.870. The molecule has 1 aromatic rings. The van der Waals surface area contributed by atoms with Crippen molar-refractivity contribution in [3.05, 3.63) is 29.0 Å². The zero-order valence-corrected chi connectivity index (χ0v) is 18.4. The van der Waals surface area contributed by atoms with E-state index in [9.17, 15) is 12.8 Å². The summed E-state index contributed by atoms with van der Waals surface area (Å²) in [6, 6.07) is 3.45. The van der Waals surface area contributed by atoms with Gasteiger partial charge >= 0.3 is 11.6 Å². The van der Waals surface area contributed by atoms with Crippen molar-refractivity contribution in [2.75, 3.05) is 25.4 Å². The summed E-state index contributed by atoms with van der Waals surface area (Å²) in [5.74, 6) is -0.568. The molecule has 10 heteroatoms. The average Bonchev–Trinajstić information content (AvgIpc) is 2.65. The minimum atomic E-state index is -3.52. The van der Waals surface area contributed by atoms with Gasteiger partial charge in [-0.05, 0) is 57.1 Å². The van der Waals surface area contributed by atoms with E-state index in [1.54, 1.807) is 0 Å². The number of unbranched alkanes of at least 4 members (excludes halogenated alkanes) is 6. The molecule has 0 radical (unpaired) electrons. The molecular formula is C18H30ClFN2O4S2. The SMILES string of the molecule is NCCCNCCCCCCCCCS(=O)(=O)c1cc(F)ccc1Cl.O=S=O. The number of hydrogen-bond donors (Lipinski definition) is 2. The van der Waals surface area contributed by atoms with Crippen molar-refractivity contribution in [2.45, 2.75) is 56.3 Å². The van der Waals surface area contributed by atoms with E-state index in [4.69, 9.17) is 25.8 Å². The Morgan fingerprint density at radius 3 is 2.11 bits per heavy atom. The summed E-state index contributed by atoms with van der Waals surface area (Å²) in [6.07, 6.45) is 8.11. The first-order chi connectivity index (χ1) is 13.4. The fraction of sp³-hybridized carbons (Fsp3) is 0.667. The van der Waals surface area contributed by atoms with Gasteiger partial charge in [-0.25, -0.2) is 12.8 Å². The minimum absolute atomic E-state index is 0.0151. The lowest BCUT2D eigenvalue weighted by Crippen LogP contribution is -2.19. The fourth-order valence-electron chi connectivity index (χ4n) is 2.60. The van der Waals surface area contributed by atoms with Gasteiger partial charge in [0.15, 0.2) is 9.84 Å². The second-order valence-electron chi connectivity index (χ2n) is 6.33. The van der Waals surface area contributed by atoms with Gasteiger partial charge < -0.3 is 11.1 Å². The fourth-order valence-corrected chi connectivity index (χ4v) is 4.54. The van der Waals surface area contributed by atoms with Gasteiger partial charge in [0, 0.05) is 0 Å². The number of benzene rings is 1. The third-order valence-corrected chi connectivity index (χ3v) is 6.33. The number of halogens is 2. The number of nitrogens with one attached hydrogen (secondary N) is 1. The number of hydrogen-bond acceptors (Lipinski definition) is 6. The topological polar surface area (TPSA) is 106 Å². The van der Waals surface area contributed by atoms with Crippen LogP contribution < -0.4 is 11.1 Å². The van der Waals surface area contributed by atoms with Crippen LogP contribution in [0.3, 0.4) is 0 Å². The van der Waals surface area contributed by atoms with E-state index in [1.165, 1.54) is 18.9 Å². The van der Waals surface area contributed by atoms with Crippen molar-refractivity contribution in [1.82, 2.24) is 5.32 Å². The first-order valence-electron chi connectivity index (χ1n) is 9.39. The molecule has 28 heavy (non-hydrogen) atoms. The molecule has 3 N–H and O–H groups in total. The summed E-state index contributed by atoms with van der Waals surface area (Å²) in [7, 11) is -3.52. The molecule has 0 unspecified atom stereocenters. The van der Waals surface area contributed by atoms with Crippen molar-refractivity contribution in [2.24, 2.45) is 5.73 Å². The maximum absolute atomic E-state index is 13.2. The molecule has 0 atom stereocenters. The smallest absolute Gasteiger partial charge is 0.330 e. The molecule has 6 nitrogen and oxygen atoms in total. The van der Waals surface area contributed by atoms with Crippen LogP contribution in [0.5, 0.6) is 0 Å². The first kappa shape index (κ1) is 27.1. The highest BCUT2D eigenvalue weighted by atomic mass is 35.5. The van der Waals surface area contributed by atoms with E-state index in [1.807, 2.05) is 0 Å². The van der Waals surface area contributed by atoms with Crippen LogP contribution in [0, 0.1) is 5.82 Å². The quantitative estimate of drug-likeness (QED) is 0.416. The van der Waals surface area contributed by atoms with Crippen LogP contribution in [0.1, 0.15) is 51.4 Å². The summed E-state index contributed by atoms with van der Waals surface area (Å²) >= 11 is 5.12. The maximum Gasteiger partial charge on any atom is 0.335 e. The van der Waals surface area contributed by atoms with Crippen molar-refractivity contribution in [3.8, 4) is 0 Å². The highest BCUT2D eigenvalue weighted by molar-refractivity contribution is 7.91. The second kappa shape index (κ2) is 17.0. The van der Waals surface area contributed by atoms with E-state index in [2.05, 4.69) is 5.32 Å². The summed E-state index contributed by atoms with van der Waals surface area (Å²) in [6.45, 7) is 2.75. The van der Waals surface area contributed by atoms with Crippen LogP contribution in [-0.4, -0.2) is 42.2 Å². The van der Waals surface area contributed by atoms with Gasteiger partial charge in [0.25, 0.3) is 0 Å². The monoisotopic (exact) mass is 456 g/mol. The zero-order chi connectivity index (χ0) is 21.3. The molecule has 0 aliphatic carbocycles. The number of sulfone groups is 1. The normalized spacial score (nSPS) is 11.0. The molecule has 1 aromatic carbocycles. The first-order valence-corrected chi connectivity index (χ1v) is 12.1. The van der Waals surface area contributed by atoms with Gasteiger partial charge in [0.1, 0.15) is 5.82 Å². The van der Waals surface area contributed by atoms with E-state index < -0.39 is 27.2 Å². The Labute approximate surface area is 175 Å². The molecular weight excluding hydrogens is 427 g/mol. The highest BCUT2D eigenvalue weighted by Crippen LogP contribution is 2.24. The van der Waals surface area contributed by atoms with Gasteiger partial charge in [-0.1, -0.05) is 43.7 Å².